The average molecular weight is 451 g/mol. The molecule has 1 atom stereocenters. The van der Waals surface area contributed by atoms with Crippen molar-refractivity contribution in [2.24, 2.45) is 0 Å². The Hall–Kier alpha value is -2.80. The van der Waals surface area contributed by atoms with Crippen molar-refractivity contribution < 1.29 is 9.84 Å². The van der Waals surface area contributed by atoms with E-state index in [4.69, 9.17) is 4.74 Å². The minimum absolute atomic E-state index is 0.240. The van der Waals surface area contributed by atoms with Crippen LogP contribution in [0.2, 0.25) is 0 Å². The van der Waals surface area contributed by atoms with Crippen LogP contribution in [0.25, 0.3) is 11.3 Å². The van der Waals surface area contributed by atoms with E-state index in [0.717, 1.165) is 27.9 Å². The number of nitrogens with one attached hydrogen (secondary N) is 1. The number of benzene rings is 2. The molecule has 4 rings (SSSR count). The van der Waals surface area contributed by atoms with Gasteiger partial charge >= 0.3 is 0 Å². The van der Waals surface area contributed by atoms with Gasteiger partial charge in [0, 0.05) is 27.9 Å². The second kappa shape index (κ2) is 7.96. The van der Waals surface area contributed by atoms with Crippen molar-refractivity contribution in [1.29, 1.82) is 0 Å². The maximum Gasteiger partial charge on any atom is 0.247 e. The summed E-state index contributed by atoms with van der Waals surface area (Å²) in [6, 6.07) is 12.0. The summed E-state index contributed by atoms with van der Waals surface area (Å²) in [5.41, 5.74) is 4.61. The number of hydrogen-bond acceptors (Lipinski definition) is 7. The topological polar surface area (TPSA) is 80.2 Å². The summed E-state index contributed by atoms with van der Waals surface area (Å²) >= 11 is 1.42. The summed E-state index contributed by atoms with van der Waals surface area (Å²) in [6.07, 6.45) is 1.40. The Bertz CT molecular complexity index is 1130. The molecule has 3 aromatic rings. The van der Waals surface area contributed by atoms with Gasteiger partial charge in [-0.05, 0) is 35.3 Å². The number of thioether (sulfide) groups is 1. The molecule has 0 aliphatic carbocycles. The summed E-state index contributed by atoms with van der Waals surface area (Å²) < 4.78 is 6.42. The number of ether oxygens (including phenoxy) is 1. The highest BCUT2D eigenvalue weighted by Gasteiger charge is 2.31. The predicted molar refractivity (Wildman–Crippen MR) is 130 cm³/mol. The number of phenolic OH excluding ortho intramolecular Hbond substituents is 1. The van der Waals surface area contributed by atoms with E-state index in [1.165, 1.54) is 11.8 Å². The molecule has 0 bridgehead atoms. The predicted octanol–water partition coefficient (Wildman–Crippen LogP) is 6.06. The Morgan fingerprint density at radius 2 is 1.59 bits per heavy atom. The van der Waals surface area contributed by atoms with Crippen molar-refractivity contribution in [3.63, 3.8) is 0 Å². The quantitative estimate of drug-likeness (QED) is 0.459. The molecule has 6 nitrogen and oxygen atoms in total. The number of hydrogen-bond donors (Lipinski definition) is 2. The third-order valence-corrected chi connectivity index (χ3v) is 6.11. The van der Waals surface area contributed by atoms with E-state index in [2.05, 4.69) is 62.0 Å². The van der Waals surface area contributed by atoms with E-state index in [0.29, 0.717) is 22.5 Å². The number of phenols is 1. The molecule has 0 radical (unpaired) electrons. The Morgan fingerprint density at radius 3 is 2.19 bits per heavy atom. The van der Waals surface area contributed by atoms with Crippen LogP contribution in [0.3, 0.4) is 0 Å². The van der Waals surface area contributed by atoms with Gasteiger partial charge < -0.3 is 15.2 Å². The van der Waals surface area contributed by atoms with E-state index in [9.17, 15) is 5.11 Å². The molecule has 2 N–H and O–H groups in total. The molecular formula is C25H30N4O2S. The number of aromatic nitrogens is 3. The van der Waals surface area contributed by atoms with Crippen molar-refractivity contribution in [2.45, 2.75) is 63.8 Å². The van der Waals surface area contributed by atoms with Crippen LogP contribution in [0.15, 0.2) is 41.6 Å². The van der Waals surface area contributed by atoms with Crippen LogP contribution in [-0.2, 0) is 10.8 Å². The van der Waals surface area contributed by atoms with Gasteiger partial charge in [0.05, 0.1) is 0 Å². The average Bonchev–Trinajstić information content (AvgIpc) is 2.88. The van der Waals surface area contributed by atoms with Gasteiger partial charge in [-0.1, -0.05) is 71.5 Å². The Morgan fingerprint density at radius 1 is 0.969 bits per heavy atom. The standard InChI is InChI=1S/C25H30N4O2S/c1-24(2,3)16-12-14(13-17(20(16)30)25(4,5)6)21-26-18-11-9-8-10-15(18)19-22(31-21)27-23(32-7)29-28-19/h8-13,21,26,30H,1-7H3/t21-/m1/s1. The third kappa shape index (κ3) is 4.13. The zero-order valence-electron chi connectivity index (χ0n) is 19.6. The first-order valence-corrected chi connectivity index (χ1v) is 11.9. The molecule has 2 aromatic carbocycles. The van der Waals surface area contributed by atoms with E-state index in [1.807, 2.05) is 42.7 Å². The highest BCUT2D eigenvalue weighted by Crippen LogP contribution is 2.44. The molecular weight excluding hydrogens is 420 g/mol. The Kier molecular flexibility index (Phi) is 5.57. The molecule has 2 heterocycles. The SMILES string of the molecule is CSc1nnc2c(n1)O[C@H](c1cc(C(C)(C)C)c(O)c(C(C)(C)C)c1)Nc1ccccc1-2. The lowest BCUT2D eigenvalue weighted by molar-refractivity contribution is 0.224. The van der Waals surface area contributed by atoms with Gasteiger partial charge in [-0.15, -0.1) is 10.2 Å². The zero-order chi connectivity index (χ0) is 23.3. The molecule has 0 spiro atoms. The smallest absolute Gasteiger partial charge is 0.247 e. The first-order valence-electron chi connectivity index (χ1n) is 10.7. The minimum atomic E-state index is -0.508. The summed E-state index contributed by atoms with van der Waals surface area (Å²) in [5.74, 6) is 0.784. The molecule has 0 unspecified atom stereocenters. The number of nitrogens with zero attached hydrogens (tertiary/aromatic N) is 3. The highest BCUT2D eigenvalue weighted by molar-refractivity contribution is 7.98. The van der Waals surface area contributed by atoms with Crippen molar-refractivity contribution in [2.75, 3.05) is 11.6 Å². The van der Waals surface area contributed by atoms with E-state index >= 15 is 0 Å². The van der Waals surface area contributed by atoms with Crippen molar-refractivity contribution in [3.05, 3.63) is 53.1 Å². The lowest BCUT2D eigenvalue weighted by Crippen LogP contribution is -2.22. The Labute approximate surface area is 193 Å². The van der Waals surface area contributed by atoms with Crippen LogP contribution >= 0.6 is 11.8 Å². The van der Waals surface area contributed by atoms with Crippen molar-refractivity contribution in [1.82, 2.24) is 15.2 Å². The highest BCUT2D eigenvalue weighted by atomic mass is 32.2. The van der Waals surface area contributed by atoms with E-state index in [-0.39, 0.29) is 10.8 Å². The molecule has 0 fully saturated rings. The Balaban J connectivity index is 1.92. The maximum atomic E-state index is 11.1. The summed E-state index contributed by atoms with van der Waals surface area (Å²) in [6.45, 7) is 12.6. The molecule has 1 aliphatic heterocycles. The molecule has 168 valence electrons. The number of para-hydroxylation sites is 1. The number of aromatic hydroxyl groups is 1. The van der Waals surface area contributed by atoms with Crippen LogP contribution in [0, 0.1) is 0 Å². The largest absolute Gasteiger partial charge is 0.507 e. The van der Waals surface area contributed by atoms with Crippen LogP contribution in [0.1, 0.15) is 64.5 Å². The molecule has 0 amide bonds. The first kappa shape index (κ1) is 22.4. The van der Waals surface area contributed by atoms with Gasteiger partial charge in [0.2, 0.25) is 11.0 Å². The van der Waals surface area contributed by atoms with Gasteiger partial charge in [0.15, 0.2) is 11.9 Å². The summed E-state index contributed by atoms with van der Waals surface area (Å²) in [4.78, 5) is 4.60. The van der Waals surface area contributed by atoms with Crippen molar-refractivity contribution in [3.8, 4) is 22.9 Å². The molecule has 0 saturated carbocycles. The monoisotopic (exact) mass is 450 g/mol. The van der Waals surface area contributed by atoms with Crippen LogP contribution in [-0.4, -0.2) is 26.5 Å². The number of anilines is 1. The first-order chi connectivity index (χ1) is 15.0. The minimum Gasteiger partial charge on any atom is -0.507 e. The second-order valence-corrected chi connectivity index (χ2v) is 10.9. The van der Waals surface area contributed by atoms with Gasteiger partial charge in [-0.3, -0.25) is 0 Å². The fourth-order valence-corrected chi connectivity index (χ4v) is 4.13. The fourth-order valence-electron chi connectivity index (χ4n) is 3.84. The number of rotatable bonds is 2. The fraction of sp³-hybridized carbons (Fsp3) is 0.400. The summed E-state index contributed by atoms with van der Waals surface area (Å²) in [7, 11) is 0. The van der Waals surface area contributed by atoms with Crippen LogP contribution < -0.4 is 10.1 Å². The molecule has 1 aliphatic rings. The lowest BCUT2D eigenvalue weighted by Gasteiger charge is -2.30. The molecule has 7 heteroatoms. The van der Waals surface area contributed by atoms with Gasteiger partial charge in [0.25, 0.3) is 0 Å². The van der Waals surface area contributed by atoms with Crippen LogP contribution in [0.5, 0.6) is 11.6 Å². The van der Waals surface area contributed by atoms with Crippen LogP contribution in [0.4, 0.5) is 5.69 Å². The van der Waals surface area contributed by atoms with E-state index < -0.39 is 6.23 Å². The van der Waals surface area contributed by atoms with Crippen molar-refractivity contribution >= 4 is 17.4 Å². The van der Waals surface area contributed by atoms with Gasteiger partial charge in [-0.25, -0.2) is 0 Å². The number of fused-ring (bicyclic) bond motifs is 3. The summed E-state index contributed by atoms with van der Waals surface area (Å²) in [5, 5.41) is 23.8. The maximum absolute atomic E-state index is 11.1. The zero-order valence-corrected chi connectivity index (χ0v) is 20.5. The molecule has 32 heavy (non-hydrogen) atoms. The second-order valence-electron chi connectivity index (χ2n) is 10.1. The lowest BCUT2D eigenvalue weighted by atomic mass is 9.78. The normalized spacial score (nSPS) is 15.8. The van der Waals surface area contributed by atoms with E-state index in [1.54, 1.807) is 0 Å². The molecule has 1 aromatic heterocycles. The van der Waals surface area contributed by atoms with Gasteiger partial charge in [0.1, 0.15) is 5.75 Å². The molecule has 0 saturated heterocycles. The third-order valence-electron chi connectivity index (χ3n) is 5.57. The van der Waals surface area contributed by atoms with Gasteiger partial charge in [-0.2, -0.15) is 4.98 Å².